The largest absolute Gasteiger partial charge is 0.462 e. The van der Waals surface area contributed by atoms with E-state index >= 15 is 0 Å². The topological polar surface area (TPSA) is 78.9 Å². The van der Waals surface area contributed by atoms with E-state index < -0.39 is 6.10 Å². The number of hydrogen-bond donors (Lipinski definition) is 0. The smallest absolute Gasteiger partial charge is 0.306 e. The Morgan fingerprint density at radius 1 is 0.266 bits per heavy atom. The van der Waals surface area contributed by atoms with Crippen LogP contribution in [0.4, 0.5) is 0 Å². The van der Waals surface area contributed by atoms with Gasteiger partial charge in [0.05, 0.1) is 0 Å². The average Bonchev–Trinajstić information content (AvgIpc) is 3.45. The third kappa shape index (κ3) is 65.0. The minimum Gasteiger partial charge on any atom is -0.462 e. The van der Waals surface area contributed by atoms with Gasteiger partial charge in [0.15, 0.2) is 6.10 Å². The van der Waals surface area contributed by atoms with Crippen LogP contribution in [0.15, 0.2) is 97.2 Å². The molecule has 6 heteroatoms. The van der Waals surface area contributed by atoms with Gasteiger partial charge in [-0.3, -0.25) is 14.4 Å². The number of ether oxygens (including phenoxy) is 3. The van der Waals surface area contributed by atoms with Crippen molar-refractivity contribution in [1.29, 1.82) is 0 Å². The molecular formula is C73H126O6. The lowest BCUT2D eigenvalue weighted by Gasteiger charge is -2.18. The molecule has 0 spiro atoms. The summed E-state index contributed by atoms with van der Waals surface area (Å²) in [6.07, 6.45) is 90.2. The maximum atomic E-state index is 12.9. The molecule has 0 amide bonds. The summed E-state index contributed by atoms with van der Waals surface area (Å²) < 4.78 is 16.9. The Kier molecular flexibility index (Phi) is 63.7. The summed E-state index contributed by atoms with van der Waals surface area (Å²) in [5.74, 6) is -0.967. The molecule has 0 aromatic carbocycles. The standard InChI is InChI=1S/C73H126O6/c1-4-7-10-13-16-19-22-25-27-29-31-33-34-35-36-37-38-40-41-43-45-48-51-54-57-60-63-66-72(75)78-69-70(68-77-71(74)65-62-59-56-53-50-47-24-21-18-15-12-9-6-3)79-73(76)67-64-61-58-55-52-49-46-44-42-39-32-30-28-26-23-20-17-14-11-8-5-2/h7,9-10,12,16,18-19,21,25,27,31,33,47,50,56,59,70H,4-6,8,11,13-15,17,20,22-24,26,28-30,32,34-46,48-49,51-55,57-58,60-69H2,1-3H3/b10-7-,12-9-,19-16-,21-18-,27-25-,33-31-,50-47-,59-56-. The van der Waals surface area contributed by atoms with E-state index in [2.05, 4.69) is 112 Å². The fraction of sp³-hybridized carbons (Fsp3) is 0.740. The van der Waals surface area contributed by atoms with Crippen molar-refractivity contribution in [1.82, 2.24) is 0 Å². The van der Waals surface area contributed by atoms with Crippen LogP contribution in [-0.4, -0.2) is 37.2 Å². The number of rotatable bonds is 61. The van der Waals surface area contributed by atoms with Gasteiger partial charge in [-0.25, -0.2) is 0 Å². The lowest BCUT2D eigenvalue weighted by molar-refractivity contribution is -0.166. The molecule has 0 aromatic heterocycles. The minimum absolute atomic E-state index is 0.0965. The van der Waals surface area contributed by atoms with Gasteiger partial charge < -0.3 is 14.2 Å². The van der Waals surface area contributed by atoms with E-state index in [0.717, 1.165) is 89.9 Å². The molecule has 0 bridgehead atoms. The second-order valence-corrected chi connectivity index (χ2v) is 22.3. The fourth-order valence-corrected chi connectivity index (χ4v) is 9.63. The van der Waals surface area contributed by atoms with Crippen LogP contribution in [0.5, 0.6) is 0 Å². The predicted octanol–water partition coefficient (Wildman–Crippen LogP) is 23.2. The highest BCUT2D eigenvalue weighted by Crippen LogP contribution is 2.18. The van der Waals surface area contributed by atoms with Crippen molar-refractivity contribution in [3.63, 3.8) is 0 Å². The number of carbonyl (C=O) groups is 3. The van der Waals surface area contributed by atoms with Gasteiger partial charge in [0.2, 0.25) is 0 Å². The van der Waals surface area contributed by atoms with Crippen LogP contribution in [0.3, 0.4) is 0 Å². The van der Waals surface area contributed by atoms with Crippen molar-refractivity contribution in [2.75, 3.05) is 13.2 Å². The summed E-state index contributed by atoms with van der Waals surface area (Å²) in [6.45, 7) is 6.39. The van der Waals surface area contributed by atoms with Crippen LogP contribution >= 0.6 is 0 Å². The Morgan fingerprint density at radius 3 is 0.848 bits per heavy atom. The van der Waals surface area contributed by atoms with Crippen LogP contribution in [0, 0.1) is 0 Å². The van der Waals surface area contributed by atoms with Crippen LogP contribution < -0.4 is 0 Å². The zero-order valence-electron chi connectivity index (χ0n) is 52.1. The number of allylic oxidation sites excluding steroid dienone is 16. The van der Waals surface area contributed by atoms with Crippen molar-refractivity contribution in [2.45, 2.75) is 335 Å². The van der Waals surface area contributed by atoms with E-state index in [1.807, 2.05) is 6.08 Å². The van der Waals surface area contributed by atoms with Crippen LogP contribution in [0.2, 0.25) is 0 Å². The monoisotopic (exact) mass is 1100 g/mol. The molecule has 0 saturated heterocycles. The SMILES string of the molecule is CC/C=C\C/C=C\C/C=C\C/C=C\CCCCCCCCCCCCCCCCC(=O)OCC(COC(=O)CC/C=C\C/C=C\C/C=C\C/C=C\CC)OC(=O)CCCCCCCCCCCCCCCCCCCCCCC. The van der Waals surface area contributed by atoms with Crippen LogP contribution in [0.25, 0.3) is 0 Å². The number of esters is 3. The first-order valence-electron chi connectivity index (χ1n) is 33.7. The highest BCUT2D eigenvalue weighted by atomic mass is 16.6. The number of hydrogen-bond acceptors (Lipinski definition) is 6. The normalized spacial score (nSPS) is 12.7. The molecule has 0 radical (unpaired) electrons. The third-order valence-electron chi connectivity index (χ3n) is 14.6. The summed E-state index contributed by atoms with van der Waals surface area (Å²) in [4.78, 5) is 38.3. The molecule has 79 heavy (non-hydrogen) atoms. The summed E-state index contributed by atoms with van der Waals surface area (Å²) in [6, 6.07) is 0. The Balaban J connectivity index is 4.29. The summed E-state index contributed by atoms with van der Waals surface area (Å²) in [7, 11) is 0. The highest BCUT2D eigenvalue weighted by Gasteiger charge is 2.19. The van der Waals surface area contributed by atoms with Crippen LogP contribution in [-0.2, 0) is 28.6 Å². The average molecular weight is 1100 g/mol. The molecule has 1 atom stereocenters. The molecule has 454 valence electrons. The molecule has 0 N–H and O–H groups in total. The summed E-state index contributed by atoms with van der Waals surface area (Å²) in [5, 5.41) is 0. The van der Waals surface area contributed by atoms with E-state index in [0.29, 0.717) is 19.3 Å². The molecule has 0 aliphatic heterocycles. The second kappa shape index (κ2) is 66.8. The van der Waals surface area contributed by atoms with Crippen molar-refractivity contribution < 1.29 is 28.6 Å². The first kappa shape index (κ1) is 75.3. The molecular weight excluding hydrogens is 973 g/mol. The molecule has 0 aromatic rings. The van der Waals surface area contributed by atoms with Gasteiger partial charge in [-0.15, -0.1) is 0 Å². The van der Waals surface area contributed by atoms with Gasteiger partial charge in [-0.2, -0.15) is 0 Å². The molecule has 0 fully saturated rings. The van der Waals surface area contributed by atoms with Gasteiger partial charge in [0.25, 0.3) is 0 Å². The molecule has 0 heterocycles. The summed E-state index contributed by atoms with van der Waals surface area (Å²) >= 11 is 0. The van der Waals surface area contributed by atoms with Crippen LogP contribution in [0.1, 0.15) is 329 Å². The lowest BCUT2D eigenvalue weighted by atomic mass is 10.0. The lowest BCUT2D eigenvalue weighted by Crippen LogP contribution is -2.30. The molecule has 1 unspecified atom stereocenters. The molecule has 0 aliphatic carbocycles. The fourth-order valence-electron chi connectivity index (χ4n) is 9.63. The van der Waals surface area contributed by atoms with Gasteiger partial charge in [-0.1, -0.05) is 323 Å². The zero-order valence-corrected chi connectivity index (χ0v) is 52.1. The molecule has 0 rings (SSSR count). The van der Waals surface area contributed by atoms with Gasteiger partial charge >= 0.3 is 17.9 Å². The summed E-state index contributed by atoms with van der Waals surface area (Å²) in [5.41, 5.74) is 0. The minimum atomic E-state index is -0.806. The molecule has 6 nitrogen and oxygen atoms in total. The third-order valence-corrected chi connectivity index (χ3v) is 14.6. The van der Waals surface area contributed by atoms with Crippen molar-refractivity contribution in [3.05, 3.63) is 97.2 Å². The maximum absolute atomic E-state index is 12.9. The van der Waals surface area contributed by atoms with Crippen molar-refractivity contribution >= 4 is 17.9 Å². The van der Waals surface area contributed by atoms with Crippen molar-refractivity contribution in [2.24, 2.45) is 0 Å². The Hall–Kier alpha value is -3.67. The molecule has 0 aliphatic rings. The van der Waals surface area contributed by atoms with E-state index in [1.54, 1.807) is 0 Å². The van der Waals surface area contributed by atoms with Gasteiger partial charge in [0.1, 0.15) is 13.2 Å². The Morgan fingerprint density at radius 2 is 0.519 bits per heavy atom. The first-order valence-corrected chi connectivity index (χ1v) is 33.7. The first-order chi connectivity index (χ1) is 39.0. The quantitative estimate of drug-likeness (QED) is 0.0261. The van der Waals surface area contributed by atoms with Gasteiger partial charge in [0, 0.05) is 19.3 Å². The number of unbranched alkanes of at least 4 members (excludes halogenated alkanes) is 34. The second-order valence-electron chi connectivity index (χ2n) is 22.3. The van der Waals surface area contributed by atoms with E-state index in [-0.39, 0.29) is 37.5 Å². The van der Waals surface area contributed by atoms with Crippen molar-refractivity contribution in [3.8, 4) is 0 Å². The zero-order chi connectivity index (χ0) is 57.1. The number of carbonyl (C=O) groups excluding carboxylic acids is 3. The molecule has 0 saturated carbocycles. The van der Waals surface area contributed by atoms with E-state index in [1.165, 1.54) is 193 Å². The Bertz CT molecular complexity index is 1540. The van der Waals surface area contributed by atoms with Gasteiger partial charge in [-0.05, 0) is 83.5 Å². The Labute approximate surface area is 489 Å². The highest BCUT2D eigenvalue weighted by molar-refractivity contribution is 5.71. The predicted molar refractivity (Wildman–Crippen MR) is 344 cm³/mol. The maximum Gasteiger partial charge on any atom is 0.306 e. The van der Waals surface area contributed by atoms with E-state index in [4.69, 9.17) is 14.2 Å². The van der Waals surface area contributed by atoms with E-state index in [9.17, 15) is 14.4 Å².